The van der Waals surface area contributed by atoms with Crippen molar-refractivity contribution >= 4 is 6.08 Å². The molecule has 0 aromatic heterocycles. The normalized spacial score (nSPS) is 10.2. The van der Waals surface area contributed by atoms with Crippen molar-refractivity contribution in [2.24, 2.45) is 0 Å². The molecule has 0 fully saturated rings. The van der Waals surface area contributed by atoms with Crippen molar-refractivity contribution < 1.29 is 41.2 Å². The summed E-state index contributed by atoms with van der Waals surface area (Å²) in [5.74, 6) is 0.182. The summed E-state index contributed by atoms with van der Waals surface area (Å²) in [6.45, 7) is 0. The Kier molecular flexibility index (Phi) is 5.99. The molecular weight excluding hydrogens is 235 g/mol. The van der Waals surface area contributed by atoms with Gasteiger partial charge < -0.3 is 11.6 Å². The van der Waals surface area contributed by atoms with Crippen molar-refractivity contribution in [3.05, 3.63) is 65.7 Å². The molecule has 0 radical (unpaired) electrons. The Morgan fingerprint density at radius 2 is 1.56 bits per heavy atom. The van der Waals surface area contributed by atoms with E-state index in [2.05, 4.69) is 0 Å². The number of benzene rings is 2. The number of phenols is 2. The Morgan fingerprint density at radius 3 is 2.17 bits per heavy atom. The van der Waals surface area contributed by atoms with Crippen LogP contribution in [0.5, 0.6) is 11.5 Å². The van der Waals surface area contributed by atoms with E-state index in [-0.39, 0.29) is 42.5 Å². The third-order valence-electron chi connectivity index (χ3n) is 2.43. The van der Waals surface area contributed by atoms with Crippen LogP contribution in [0.15, 0.2) is 54.6 Å². The number of hydrogen-bond donors (Lipinski definition) is 2. The SMILES string of the molecule is Oc1cc(O)cc(C/C=C/c2ccccc2)c1.[H-].[Na+]. The van der Waals surface area contributed by atoms with Crippen molar-refractivity contribution in [1.29, 1.82) is 0 Å². The predicted octanol–water partition coefficient (Wildman–Crippen LogP) is 0.470. The fraction of sp³-hybridized carbons (Fsp3) is 0.0667. The van der Waals surface area contributed by atoms with Crippen LogP contribution in [0.4, 0.5) is 0 Å². The minimum Gasteiger partial charge on any atom is -1.00 e. The summed E-state index contributed by atoms with van der Waals surface area (Å²) in [6.07, 6.45) is 4.70. The van der Waals surface area contributed by atoms with Crippen LogP contribution in [-0.2, 0) is 6.42 Å². The van der Waals surface area contributed by atoms with Crippen molar-refractivity contribution in [2.75, 3.05) is 0 Å². The first-order chi connectivity index (χ1) is 8.24. The van der Waals surface area contributed by atoms with Crippen molar-refractivity contribution in [3.63, 3.8) is 0 Å². The minimum atomic E-state index is 0. The van der Waals surface area contributed by atoms with Gasteiger partial charge >= 0.3 is 29.6 Å². The molecule has 0 aliphatic carbocycles. The Morgan fingerprint density at radius 1 is 0.944 bits per heavy atom. The molecule has 0 heterocycles. The first-order valence-corrected chi connectivity index (χ1v) is 5.47. The van der Waals surface area contributed by atoms with Gasteiger partial charge in [0.2, 0.25) is 0 Å². The molecule has 18 heavy (non-hydrogen) atoms. The zero-order valence-electron chi connectivity index (χ0n) is 11.4. The van der Waals surface area contributed by atoms with Crippen LogP contribution < -0.4 is 29.6 Å². The molecular formula is C15H15NaO2. The molecule has 0 unspecified atom stereocenters. The van der Waals surface area contributed by atoms with Crippen molar-refractivity contribution in [1.82, 2.24) is 0 Å². The zero-order valence-corrected chi connectivity index (χ0v) is 12.4. The molecule has 0 saturated heterocycles. The van der Waals surface area contributed by atoms with E-state index in [0.717, 1.165) is 11.1 Å². The van der Waals surface area contributed by atoms with Crippen LogP contribution in [0.1, 0.15) is 12.6 Å². The maximum Gasteiger partial charge on any atom is 1.00 e. The van der Waals surface area contributed by atoms with Gasteiger partial charge in [-0.1, -0.05) is 42.5 Å². The molecule has 2 rings (SSSR count). The number of allylic oxidation sites excluding steroid dienone is 1. The maximum absolute atomic E-state index is 9.33. The first kappa shape index (κ1) is 14.8. The van der Waals surface area contributed by atoms with E-state index in [0.29, 0.717) is 6.42 Å². The average Bonchev–Trinajstić information content (AvgIpc) is 2.29. The molecule has 0 bridgehead atoms. The minimum absolute atomic E-state index is 0. The largest absolute Gasteiger partial charge is 1.00 e. The zero-order chi connectivity index (χ0) is 12.1. The summed E-state index contributed by atoms with van der Waals surface area (Å²) < 4.78 is 0. The number of aromatic hydroxyl groups is 2. The number of rotatable bonds is 3. The van der Waals surface area contributed by atoms with Gasteiger partial charge in [-0.05, 0) is 29.7 Å². The molecule has 2 aromatic carbocycles. The molecule has 2 aromatic rings. The molecule has 0 spiro atoms. The quantitative estimate of drug-likeness (QED) is 0.777. The summed E-state index contributed by atoms with van der Waals surface area (Å²) in [6, 6.07) is 14.6. The second-order valence-electron chi connectivity index (χ2n) is 3.87. The van der Waals surface area contributed by atoms with Crippen LogP contribution in [0.25, 0.3) is 6.08 Å². The van der Waals surface area contributed by atoms with Crippen LogP contribution in [-0.4, -0.2) is 10.2 Å². The number of hydrogen-bond acceptors (Lipinski definition) is 2. The van der Waals surface area contributed by atoms with Gasteiger partial charge in [0.1, 0.15) is 11.5 Å². The summed E-state index contributed by atoms with van der Waals surface area (Å²) >= 11 is 0. The van der Waals surface area contributed by atoms with Gasteiger partial charge in [-0.2, -0.15) is 0 Å². The first-order valence-electron chi connectivity index (χ1n) is 5.47. The van der Waals surface area contributed by atoms with Crippen molar-refractivity contribution in [2.45, 2.75) is 6.42 Å². The van der Waals surface area contributed by atoms with Crippen molar-refractivity contribution in [3.8, 4) is 11.5 Å². The Balaban J connectivity index is 0.00000162. The van der Waals surface area contributed by atoms with E-state index in [1.165, 1.54) is 6.07 Å². The van der Waals surface area contributed by atoms with Gasteiger partial charge in [-0.3, -0.25) is 0 Å². The predicted molar refractivity (Wildman–Crippen MR) is 70.1 cm³/mol. The Labute approximate surface area is 130 Å². The standard InChI is InChI=1S/C15H14O2.Na.H/c16-14-9-13(10-15(17)11-14)8-4-7-12-5-2-1-3-6-12;;/h1-7,9-11,16-17H,8H2;;/q;+1;-1/b7-4+;;. The van der Waals surface area contributed by atoms with E-state index >= 15 is 0 Å². The molecule has 0 saturated carbocycles. The van der Waals surface area contributed by atoms with E-state index < -0.39 is 0 Å². The Bertz CT molecular complexity index is 507. The number of phenolic OH excluding ortho intramolecular Hbond substituents is 2. The average molecular weight is 250 g/mol. The van der Waals surface area contributed by atoms with Crippen LogP contribution >= 0.6 is 0 Å². The van der Waals surface area contributed by atoms with Crippen LogP contribution in [0.3, 0.4) is 0 Å². The molecule has 0 amide bonds. The topological polar surface area (TPSA) is 40.5 Å². The van der Waals surface area contributed by atoms with Gasteiger partial charge in [0.15, 0.2) is 0 Å². The summed E-state index contributed by atoms with van der Waals surface area (Å²) in [5, 5.41) is 18.7. The summed E-state index contributed by atoms with van der Waals surface area (Å²) in [4.78, 5) is 0. The molecule has 3 heteroatoms. The van der Waals surface area contributed by atoms with E-state index in [9.17, 15) is 10.2 Å². The van der Waals surface area contributed by atoms with Gasteiger partial charge in [0.25, 0.3) is 0 Å². The van der Waals surface area contributed by atoms with Gasteiger partial charge in [-0.15, -0.1) is 0 Å². The second kappa shape index (κ2) is 7.27. The van der Waals surface area contributed by atoms with Gasteiger partial charge in [0.05, 0.1) is 0 Å². The molecule has 0 atom stereocenters. The summed E-state index contributed by atoms with van der Waals surface area (Å²) in [5.41, 5.74) is 2.02. The van der Waals surface area contributed by atoms with Gasteiger partial charge in [0, 0.05) is 6.07 Å². The van der Waals surface area contributed by atoms with E-state index in [4.69, 9.17) is 0 Å². The van der Waals surface area contributed by atoms with E-state index in [1.54, 1.807) is 12.1 Å². The fourth-order valence-electron chi connectivity index (χ4n) is 1.67. The molecule has 2 N–H and O–H groups in total. The smallest absolute Gasteiger partial charge is 1.00 e. The molecule has 0 aliphatic heterocycles. The van der Waals surface area contributed by atoms with E-state index in [1.807, 2.05) is 42.5 Å². The third kappa shape index (κ3) is 4.57. The second-order valence-corrected chi connectivity index (χ2v) is 3.87. The fourth-order valence-corrected chi connectivity index (χ4v) is 1.67. The third-order valence-corrected chi connectivity index (χ3v) is 2.43. The molecule has 2 nitrogen and oxygen atoms in total. The maximum atomic E-state index is 9.33. The van der Waals surface area contributed by atoms with Crippen LogP contribution in [0.2, 0.25) is 0 Å². The monoisotopic (exact) mass is 250 g/mol. The van der Waals surface area contributed by atoms with Gasteiger partial charge in [-0.25, -0.2) is 0 Å². The Hall–Kier alpha value is -1.22. The summed E-state index contributed by atoms with van der Waals surface area (Å²) in [7, 11) is 0. The molecule has 88 valence electrons. The molecule has 0 aliphatic rings. The van der Waals surface area contributed by atoms with Crippen LogP contribution in [0, 0.1) is 0 Å².